The summed E-state index contributed by atoms with van der Waals surface area (Å²) in [4.78, 5) is 13.9. The molecular formula is C16H18OS. The number of carbonyl (C=O) groups excluding carboxylic acids is 1. The summed E-state index contributed by atoms with van der Waals surface area (Å²) in [6, 6.07) is 10.5. The molecule has 0 unspecified atom stereocenters. The van der Waals surface area contributed by atoms with E-state index >= 15 is 0 Å². The van der Waals surface area contributed by atoms with E-state index in [9.17, 15) is 4.79 Å². The number of thiophene rings is 1. The molecule has 1 heterocycles. The predicted molar refractivity (Wildman–Crippen MR) is 78.5 cm³/mol. The van der Waals surface area contributed by atoms with Crippen LogP contribution in [0.5, 0.6) is 0 Å². The molecule has 1 nitrogen and oxygen atoms in total. The highest BCUT2D eigenvalue weighted by Crippen LogP contribution is 2.31. The van der Waals surface area contributed by atoms with Gasteiger partial charge in [-0.2, -0.15) is 0 Å². The second-order valence-electron chi connectivity index (χ2n) is 4.66. The van der Waals surface area contributed by atoms with Crippen molar-refractivity contribution in [2.75, 3.05) is 0 Å². The Labute approximate surface area is 112 Å². The molecule has 0 N–H and O–H groups in total. The van der Waals surface area contributed by atoms with Crippen molar-refractivity contribution in [3.63, 3.8) is 0 Å². The first-order chi connectivity index (χ1) is 8.61. The summed E-state index contributed by atoms with van der Waals surface area (Å²) >= 11 is 1.60. The predicted octanol–water partition coefficient (Wildman–Crippen LogP) is 5.01. The largest absolute Gasteiger partial charge is 0.293 e. The molecule has 0 fully saturated rings. The zero-order chi connectivity index (χ0) is 13.1. The van der Waals surface area contributed by atoms with E-state index in [-0.39, 0.29) is 5.78 Å². The maximum absolute atomic E-state index is 11.8. The van der Waals surface area contributed by atoms with Crippen molar-refractivity contribution < 1.29 is 4.79 Å². The highest BCUT2D eigenvalue weighted by molar-refractivity contribution is 7.17. The second kappa shape index (κ2) is 5.49. The number of Topliss-reactive ketones (excluding diaryl/α,β-unsaturated/α-hetero) is 1. The van der Waals surface area contributed by atoms with Crippen LogP contribution in [0, 0.1) is 13.8 Å². The molecule has 0 spiro atoms. The minimum Gasteiger partial charge on any atom is -0.293 e. The molecule has 2 heteroatoms. The Kier molecular flexibility index (Phi) is 3.97. The quantitative estimate of drug-likeness (QED) is 0.704. The van der Waals surface area contributed by atoms with Crippen LogP contribution in [0.15, 0.2) is 30.3 Å². The fourth-order valence-electron chi connectivity index (χ4n) is 2.07. The van der Waals surface area contributed by atoms with Gasteiger partial charge in [-0.15, -0.1) is 11.3 Å². The number of carbonyl (C=O) groups is 1. The molecule has 0 atom stereocenters. The topological polar surface area (TPSA) is 17.1 Å². The lowest BCUT2D eigenvalue weighted by atomic mass is 10.0. The highest BCUT2D eigenvalue weighted by Gasteiger charge is 2.10. The molecule has 1 aromatic carbocycles. The Morgan fingerprint density at radius 1 is 1.17 bits per heavy atom. The maximum atomic E-state index is 11.8. The van der Waals surface area contributed by atoms with Crippen LogP contribution in [-0.4, -0.2) is 5.78 Å². The van der Waals surface area contributed by atoms with Gasteiger partial charge in [-0.05, 0) is 43.5 Å². The third-order valence-electron chi connectivity index (χ3n) is 3.01. The summed E-state index contributed by atoms with van der Waals surface area (Å²) in [7, 11) is 0. The van der Waals surface area contributed by atoms with Crippen LogP contribution in [-0.2, 0) is 0 Å². The van der Waals surface area contributed by atoms with Crippen molar-refractivity contribution in [3.8, 4) is 10.4 Å². The summed E-state index contributed by atoms with van der Waals surface area (Å²) in [5, 5.41) is 0. The summed E-state index contributed by atoms with van der Waals surface area (Å²) in [6.45, 7) is 6.26. The van der Waals surface area contributed by atoms with Crippen LogP contribution in [0.3, 0.4) is 0 Å². The Bertz CT molecular complexity index is 566. The molecule has 0 radical (unpaired) electrons. The average Bonchev–Trinajstić information content (AvgIpc) is 2.78. The minimum atomic E-state index is 0.263. The maximum Gasteiger partial charge on any atom is 0.172 e. The van der Waals surface area contributed by atoms with Crippen LogP contribution in [0.2, 0.25) is 0 Å². The van der Waals surface area contributed by atoms with Gasteiger partial charge in [0, 0.05) is 11.3 Å². The molecule has 2 aromatic rings. The van der Waals surface area contributed by atoms with Crippen molar-refractivity contribution in [2.45, 2.75) is 33.6 Å². The van der Waals surface area contributed by atoms with Crippen molar-refractivity contribution in [3.05, 3.63) is 46.3 Å². The van der Waals surface area contributed by atoms with Gasteiger partial charge in [-0.1, -0.05) is 30.7 Å². The molecule has 94 valence electrons. The lowest BCUT2D eigenvalue weighted by Gasteiger charge is -2.04. The summed E-state index contributed by atoms with van der Waals surface area (Å²) in [5.41, 5.74) is 3.78. The van der Waals surface area contributed by atoms with Gasteiger partial charge in [0.2, 0.25) is 0 Å². The van der Waals surface area contributed by atoms with E-state index in [0.29, 0.717) is 6.42 Å². The Morgan fingerprint density at radius 2 is 1.94 bits per heavy atom. The first kappa shape index (κ1) is 13.0. The van der Waals surface area contributed by atoms with Gasteiger partial charge in [0.15, 0.2) is 5.78 Å². The smallest absolute Gasteiger partial charge is 0.172 e. The number of ketones is 1. The summed E-state index contributed by atoms with van der Waals surface area (Å²) < 4.78 is 0. The van der Waals surface area contributed by atoms with E-state index in [0.717, 1.165) is 11.3 Å². The monoisotopic (exact) mass is 258 g/mol. The fourth-order valence-corrected chi connectivity index (χ4v) is 3.14. The first-order valence-corrected chi connectivity index (χ1v) is 7.14. The minimum absolute atomic E-state index is 0.263. The fraction of sp³-hybridized carbons (Fsp3) is 0.312. The van der Waals surface area contributed by atoms with Gasteiger partial charge in [0.1, 0.15) is 0 Å². The van der Waals surface area contributed by atoms with Crippen molar-refractivity contribution in [1.29, 1.82) is 0 Å². The zero-order valence-electron chi connectivity index (χ0n) is 11.1. The van der Waals surface area contributed by atoms with Gasteiger partial charge in [-0.3, -0.25) is 4.79 Å². The van der Waals surface area contributed by atoms with Gasteiger partial charge < -0.3 is 0 Å². The van der Waals surface area contributed by atoms with E-state index < -0.39 is 0 Å². The van der Waals surface area contributed by atoms with Crippen molar-refractivity contribution >= 4 is 17.1 Å². The second-order valence-corrected chi connectivity index (χ2v) is 5.74. The first-order valence-electron chi connectivity index (χ1n) is 6.32. The molecule has 0 amide bonds. The van der Waals surface area contributed by atoms with E-state index in [1.807, 2.05) is 13.0 Å². The molecular weight excluding hydrogens is 240 g/mol. The molecule has 0 saturated heterocycles. The lowest BCUT2D eigenvalue weighted by Crippen LogP contribution is -1.93. The molecule has 0 bridgehead atoms. The highest BCUT2D eigenvalue weighted by atomic mass is 32.1. The van der Waals surface area contributed by atoms with Gasteiger partial charge in [0.25, 0.3) is 0 Å². The Hall–Kier alpha value is -1.41. The summed E-state index contributed by atoms with van der Waals surface area (Å²) in [6.07, 6.45) is 1.56. The molecule has 0 aliphatic rings. The van der Waals surface area contributed by atoms with Crippen LogP contribution >= 0.6 is 11.3 Å². The van der Waals surface area contributed by atoms with Crippen molar-refractivity contribution in [2.24, 2.45) is 0 Å². The molecule has 18 heavy (non-hydrogen) atoms. The molecule has 1 aromatic heterocycles. The van der Waals surface area contributed by atoms with Crippen molar-refractivity contribution in [1.82, 2.24) is 0 Å². The number of benzene rings is 1. The summed E-state index contributed by atoms with van der Waals surface area (Å²) in [5.74, 6) is 0.263. The molecule has 0 saturated carbocycles. The van der Waals surface area contributed by atoms with Crippen LogP contribution < -0.4 is 0 Å². The van der Waals surface area contributed by atoms with Gasteiger partial charge in [0.05, 0.1) is 4.88 Å². The zero-order valence-corrected chi connectivity index (χ0v) is 11.9. The number of rotatable bonds is 4. The number of aryl methyl sites for hydroxylation is 2. The number of hydrogen-bond acceptors (Lipinski definition) is 2. The normalized spacial score (nSPS) is 10.6. The van der Waals surface area contributed by atoms with E-state index in [2.05, 4.69) is 38.1 Å². The molecule has 2 rings (SSSR count). The molecule has 0 aliphatic carbocycles. The average molecular weight is 258 g/mol. The third-order valence-corrected chi connectivity index (χ3v) is 4.16. The SMILES string of the molecule is CCCC(=O)c1ccc(-c2ccc(C)cc2C)s1. The van der Waals surface area contributed by atoms with E-state index in [1.165, 1.54) is 21.6 Å². The van der Waals surface area contributed by atoms with Gasteiger partial charge >= 0.3 is 0 Å². The van der Waals surface area contributed by atoms with Gasteiger partial charge in [-0.25, -0.2) is 0 Å². The standard InChI is InChI=1S/C16H18OS/c1-4-5-14(17)16-9-8-15(18-16)13-7-6-11(2)10-12(13)3/h6-10H,4-5H2,1-3H3. The molecule has 0 aliphatic heterocycles. The number of hydrogen-bond donors (Lipinski definition) is 0. The Balaban J connectivity index is 2.32. The third kappa shape index (κ3) is 2.70. The van der Waals surface area contributed by atoms with Crippen LogP contribution in [0.4, 0.5) is 0 Å². The van der Waals surface area contributed by atoms with E-state index in [4.69, 9.17) is 0 Å². The lowest BCUT2D eigenvalue weighted by molar-refractivity contribution is 0.0985. The van der Waals surface area contributed by atoms with E-state index in [1.54, 1.807) is 11.3 Å². The van der Waals surface area contributed by atoms with Crippen LogP contribution in [0.1, 0.15) is 40.6 Å². The Morgan fingerprint density at radius 3 is 2.61 bits per heavy atom. The van der Waals surface area contributed by atoms with Crippen LogP contribution in [0.25, 0.3) is 10.4 Å².